The Bertz CT molecular complexity index is 984. The molecular weight excluding hydrogens is 477 g/mol. The Labute approximate surface area is 198 Å². The van der Waals surface area contributed by atoms with Gasteiger partial charge in [-0.2, -0.15) is 13.2 Å². The van der Waals surface area contributed by atoms with Gasteiger partial charge >= 0.3 is 6.18 Å². The van der Waals surface area contributed by atoms with Crippen LogP contribution in [0.4, 0.5) is 13.2 Å². The molecule has 0 aromatic heterocycles. The van der Waals surface area contributed by atoms with E-state index in [1.807, 2.05) is 0 Å². The lowest BCUT2D eigenvalue weighted by Crippen LogP contribution is -2.58. The number of amides is 2. The van der Waals surface area contributed by atoms with Crippen LogP contribution in [0.3, 0.4) is 0 Å². The van der Waals surface area contributed by atoms with Crippen LogP contribution >= 0.6 is 0 Å². The molecule has 0 spiro atoms. The zero-order valence-electron chi connectivity index (χ0n) is 19.0. The summed E-state index contributed by atoms with van der Waals surface area (Å²) in [5, 5.41) is 32.3. The predicted octanol–water partition coefficient (Wildman–Crippen LogP) is -0.153. The summed E-state index contributed by atoms with van der Waals surface area (Å²) in [6.07, 6.45) is -6.60. The summed E-state index contributed by atoms with van der Waals surface area (Å²) in [6.45, 7) is -3.26. The molecule has 0 saturated carbocycles. The number of nitrogens with one attached hydrogen (secondary N) is 1. The van der Waals surface area contributed by atoms with E-state index >= 15 is 0 Å². The molecule has 35 heavy (non-hydrogen) atoms. The number of fused-ring (bicyclic) bond motifs is 3. The highest BCUT2D eigenvalue weighted by Gasteiger charge is 2.52. The molecule has 4 atom stereocenters. The maximum absolute atomic E-state index is 13.4. The molecule has 194 valence electrons. The van der Waals surface area contributed by atoms with Crippen LogP contribution in [0.25, 0.3) is 0 Å². The van der Waals surface area contributed by atoms with E-state index in [-0.39, 0.29) is 36.8 Å². The van der Waals surface area contributed by atoms with Crippen LogP contribution in [-0.2, 0) is 20.9 Å². The third-order valence-corrected chi connectivity index (χ3v) is 5.79. The van der Waals surface area contributed by atoms with Crippen LogP contribution < -0.4 is 14.8 Å². The van der Waals surface area contributed by atoms with Crippen LogP contribution in [0.5, 0.6) is 11.5 Å². The Kier molecular flexibility index (Phi) is 8.26. The Morgan fingerprint density at radius 1 is 1.23 bits per heavy atom. The minimum Gasteiger partial charge on any atom is -0.493 e. The first-order valence-electron chi connectivity index (χ1n) is 10.7. The second kappa shape index (κ2) is 10.8. The lowest BCUT2D eigenvalue weighted by molar-refractivity contribution is -0.172. The molecule has 0 bridgehead atoms. The van der Waals surface area contributed by atoms with Crippen molar-refractivity contribution < 1.29 is 52.3 Å². The molecule has 2 amide bonds. The number of alkyl halides is 3. The molecule has 4 N–H and O–H groups in total. The van der Waals surface area contributed by atoms with E-state index in [9.17, 15) is 33.0 Å². The fourth-order valence-corrected chi connectivity index (χ4v) is 4.38. The molecule has 10 nitrogen and oxygen atoms in total. The maximum atomic E-state index is 13.4. The fourth-order valence-electron chi connectivity index (χ4n) is 4.38. The van der Waals surface area contributed by atoms with Gasteiger partial charge in [0.1, 0.15) is 25.4 Å². The van der Waals surface area contributed by atoms with E-state index in [1.165, 1.54) is 13.2 Å². The average molecular weight is 504 g/mol. The van der Waals surface area contributed by atoms with Gasteiger partial charge in [0.05, 0.1) is 32.3 Å². The molecular formula is C22H27F3N2O8. The van der Waals surface area contributed by atoms with Gasteiger partial charge in [-0.25, -0.2) is 0 Å². The van der Waals surface area contributed by atoms with Crippen LogP contribution in [0.2, 0.25) is 0 Å². The first-order valence-corrected chi connectivity index (χ1v) is 10.7. The van der Waals surface area contributed by atoms with E-state index in [2.05, 4.69) is 5.32 Å². The van der Waals surface area contributed by atoms with Gasteiger partial charge < -0.3 is 39.7 Å². The number of benzene rings is 1. The first kappa shape index (κ1) is 26.7. The summed E-state index contributed by atoms with van der Waals surface area (Å²) in [7, 11) is 2.49. The summed E-state index contributed by atoms with van der Waals surface area (Å²) in [5.41, 5.74) is 0.740. The van der Waals surface area contributed by atoms with Gasteiger partial charge in [-0.3, -0.25) is 9.59 Å². The quantitative estimate of drug-likeness (QED) is 0.364. The van der Waals surface area contributed by atoms with Crippen molar-refractivity contribution in [1.29, 1.82) is 0 Å². The second-order valence-corrected chi connectivity index (χ2v) is 8.09. The molecule has 1 aliphatic carbocycles. The van der Waals surface area contributed by atoms with Gasteiger partial charge in [0.25, 0.3) is 0 Å². The molecule has 0 fully saturated rings. The first-order chi connectivity index (χ1) is 16.6. The van der Waals surface area contributed by atoms with Crippen LogP contribution in [-0.4, -0.2) is 97.0 Å². The minimum atomic E-state index is -4.80. The van der Waals surface area contributed by atoms with Gasteiger partial charge in [-0.1, -0.05) is 0 Å². The third-order valence-electron chi connectivity index (χ3n) is 5.79. The van der Waals surface area contributed by atoms with Gasteiger partial charge in [0, 0.05) is 24.8 Å². The summed E-state index contributed by atoms with van der Waals surface area (Å²) in [4.78, 5) is 26.0. The van der Waals surface area contributed by atoms with Crippen molar-refractivity contribution in [3.63, 3.8) is 0 Å². The van der Waals surface area contributed by atoms with Crippen molar-refractivity contribution in [2.24, 2.45) is 0 Å². The molecule has 13 heteroatoms. The van der Waals surface area contributed by atoms with Gasteiger partial charge in [-0.05, 0) is 23.8 Å². The van der Waals surface area contributed by atoms with Crippen molar-refractivity contribution in [3.05, 3.63) is 34.9 Å². The van der Waals surface area contributed by atoms with Crippen molar-refractivity contribution in [1.82, 2.24) is 10.2 Å². The number of carbonyl (C=O) groups is 2. The molecule has 0 radical (unpaired) electrons. The number of hydrogen-bond donors (Lipinski definition) is 4. The number of ether oxygens (including phenoxy) is 3. The molecule has 0 saturated heterocycles. The zero-order chi connectivity index (χ0) is 25.9. The average Bonchev–Trinajstić information content (AvgIpc) is 3.20. The number of hydrogen-bond acceptors (Lipinski definition) is 8. The number of rotatable bonds is 9. The van der Waals surface area contributed by atoms with Crippen molar-refractivity contribution in [2.45, 2.75) is 37.0 Å². The zero-order valence-corrected chi connectivity index (χ0v) is 19.0. The number of halogens is 3. The Morgan fingerprint density at radius 3 is 2.51 bits per heavy atom. The SMILES string of the molecule is COCC(=O)N(CC(F)(F)F)C1C=C(C(=O)NCCO)C2c3cc(CO)cc(OC)c3OC2C1O. The van der Waals surface area contributed by atoms with E-state index in [0.717, 1.165) is 13.2 Å². The monoisotopic (exact) mass is 504 g/mol. The lowest BCUT2D eigenvalue weighted by Gasteiger charge is -2.40. The van der Waals surface area contributed by atoms with Gasteiger partial charge in [0.2, 0.25) is 11.8 Å². The van der Waals surface area contributed by atoms with Gasteiger partial charge in [0.15, 0.2) is 11.5 Å². The number of methoxy groups -OCH3 is 2. The molecule has 1 aromatic carbocycles. The van der Waals surface area contributed by atoms with E-state index < -0.39 is 55.3 Å². The number of aliphatic hydroxyl groups excluding tert-OH is 3. The number of aliphatic hydroxyl groups is 3. The molecule has 4 unspecified atom stereocenters. The topological polar surface area (TPSA) is 138 Å². The molecule has 1 aliphatic heterocycles. The summed E-state index contributed by atoms with van der Waals surface area (Å²) >= 11 is 0. The Morgan fingerprint density at radius 2 is 1.94 bits per heavy atom. The van der Waals surface area contributed by atoms with E-state index in [0.29, 0.717) is 16.0 Å². The van der Waals surface area contributed by atoms with Gasteiger partial charge in [-0.15, -0.1) is 0 Å². The molecule has 1 heterocycles. The molecule has 1 aromatic rings. The fraction of sp³-hybridized carbons (Fsp3) is 0.545. The third kappa shape index (κ3) is 5.53. The van der Waals surface area contributed by atoms with Crippen LogP contribution in [0.15, 0.2) is 23.8 Å². The van der Waals surface area contributed by atoms with E-state index in [4.69, 9.17) is 19.3 Å². The summed E-state index contributed by atoms with van der Waals surface area (Å²) < 4.78 is 56.0. The highest BCUT2D eigenvalue weighted by Crippen LogP contribution is 2.51. The second-order valence-electron chi connectivity index (χ2n) is 8.09. The Balaban J connectivity index is 2.14. The summed E-state index contributed by atoms with van der Waals surface area (Å²) in [5.74, 6) is -2.36. The number of nitrogens with zero attached hydrogens (tertiary/aromatic N) is 1. The summed E-state index contributed by atoms with van der Waals surface area (Å²) in [6, 6.07) is 1.47. The maximum Gasteiger partial charge on any atom is 0.406 e. The molecule has 3 rings (SSSR count). The molecule has 2 aliphatic rings. The predicted molar refractivity (Wildman–Crippen MR) is 114 cm³/mol. The highest BCUT2D eigenvalue weighted by atomic mass is 19.4. The van der Waals surface area contributed by atoms with Crippen molar-refractivity contribution in [2.75, 3.05) is 40.5 Å². The smallest absolute Gasteiger partial charge is 0.406 e. The highest BCUT2D eigenvalue weighted by molar-refractivity contribution is 5.96. The van der Waals surface area contributed by atoms with Crippen molar-refractivity contribution in [3.8, 4) is 11.5 Å². The standard InChI is InChI=1S/C22H27F3N2O8/c1-33-9-16(30)27(10-22(23,24)25)14-7-13(21(32)26-3-4-28)17-12-5-11(8-29)6-15(34-2)19(12)35-20(17)18(14)31/h5-7,14,17-18,20,28-29,31H,3-4,8-10H2,1-2H3,(H,26,32). The minimum absolute atomic E-state index is 0.0629. The largest absolute Gasteiger partial charge is 0.493 e. The van der Waals surface area contributed by atoms with Crippen LogP contribution in [0, 0.1) is 0 Å². The Hall–Kier alpha value is -2.87. The normalized spacial score (nSPS) is 23.0. The number of carbonyl (C=O) groups excluding carboxylic acids is 2. The van der Waals surface area contributed by atoms with Crippen molar-refractivity contribution >= 4 is 11.8 Å². The van der Waals surface area contributed by atoms with E-state index in [1.54, 1.807) is 6.07 Å². The lowest BCUT2D eigenvalue weighted by atomic mass is 9.77. The van der Waals surface area contributed by atoms with Crippen LogP contribution in [0.1, 0.15) is 17.0 Å².